The summed E-state index contributed by atoms with van der Waals surface area (Å²) in [6, 6.07) is 7.81. The van der Waals surface area contributed by atoms with Crippen molar-refractivity contribution < 1.29 is 9.59 Å². The molecule has 0 saturated carbocycles. The number of carbonyl (C=O) groups excluding carboxylic acids is 2. The fourth-order valence-electron chi connectivity index (χ4n) is 3.72. The van der Waals surface area contributed by atoms with Crippen molar-refractivity contribution in [1.29, 1.82) is 0 Å². The summed E-state index contributed by atoms with van der Waals surface area (Å²) < 4.78 is 2.23. The minimum Gasteiger partial charge on any atom is -0.353 e. The van der Waals surface area contributed by atoms with Crippen LogP contribution < -0.4 is 5.32 Å². The molecule has 0 bridgehead atoms. The van der Waals surface area contributed by atoms with Crippen LogP contribution >= 0.6 is 0 Å². The minimum absolute atomic E-state index is 0.0326. The second kappa shape index (κ2) is 7.89. The first-order chi connectivity index (χ1) is 12.5. The summed E-state index contributed by atoms with van der Waals surface area (Å²) in [6.07, 6.45) is 1.85. The molecule has 3 rings (SSSR count). The Balaban J connectivity index is 1.68. The lowest BCUT2D eigenvalue weighted by Crippen LogP contribution is -2.56. The van der Waals surface area contributed by atoms with Crippen molar-refractivity contribution in [3.05, 3.63) is 30.1 Å². The summed E-state index contributed by atoms with van der Waals surface area (Å²) >= 11 is 0. The second-order valence-electron chi connectivity index (χ2n) is 7.17. The Morgan fingerprint density at radius 2 is 2.12 bits per heavy atom. The number of amides is 2. The Morgan fingerprint density at radius 1 is 1.35 bits per heavy atom. The Labute approximate surface area is 154 Å². The smallest absolute Gasteiger partial charge is 0.242 e. The maximum atomic E-state index is 12.6. The molecule has 1 aliphatic heterocycles. The van der Waals surface area contributed by atoms with Crippen LogP contribution in [-0.4, -0.2) is 45.4 Å². The summed E-state index contributed by atoms with van der Waals surface area (Å²) in [4.78, 5) is 31.1. The van der Waals surface area contributed by atoms with Crippen LogP contribution in [0.4, 0.5) is 0 Å². The van der Waals surface area contributed by atoms with Crippen molar-refractivity contribution in [3.8, 4) is 0 Å². The van der Waals surface area contributed by atoms with Crippen molar-refractivity contribution in [1.82, 2.24) is 19.8 Å². The number of carbonyl (C=O) groups is 2. The van der Waals surface area contributed by atoms with E-state index in [1.165, 1.54) is 0 Å². The normalized spacial score (nSPS) is 17.8. The van der Waals surface area contributed by atoms with Gasteiger partial charge in [0.15, 0.2) is 0 Å². The fraction of sp³-hybridized carbons (Fsp3) is 0.550. The first-order valence-corrected chi connectivity index (χ1v) is 9.55. The zero-order valence-electron chi connectivity index (χ0n) is 15.9. The Hall–Kier alpha value is -2.37. The molecule has 1 fully saturated rings. The van der Waals surface area contributed by atoms with Gasteiger partial charge in [-0.2, -0.15) is 0 Å². The van der Waals surface area contributed by atoms with Gasteiger partial charge in [-0.05, 0) is 25.0 Å². The number of aromatic nitrogens is 2. The van der Waals surface area contributed by atoms with Crippen molar-refractivity contribution in [2.75, 3.05) is 13.1 Å². The van der Waals surface area contributed by atoms with Crippen LogP contribution in [-0.2, 0) is 16.1 Å². The molecule has 6 heteroatoms. The molecule has 26 heavy (non-hydrogen) atoms. The van der Waals surface area contributed by atoms with Crippen molar-refractivity contribution in [2.24, 2.45) is 0 Å². The number of para-hydroxylation sites is 2. The summed E-state index contributed by atoms with van der Waals surface area (Å²) in [6.45, 7) is 8.14. The van der Waals surface area contributed by atoms with E-state index in [0.29, 0.717) is 31.8 Å². The molecule has 0 unspecified atom stereocenters. The maximum Gasteiger partial charge on any atom is 0.242 e. The molecule has 1 aromatic heterocycles. The third kappa shape index (κ3) is 3.59. The van der Waals surface area contributed by atoms with E-state index in [-0.39, 0.29) is 17.9 Å². The summed E-state index contributed by atoms with van der Waals surface area (Å²) in [5, 5.41) is 2.84. The zero-order chi connectivity index (χ0) is 18.7. The van der Waals surface area contributed by atoms with Crippen LogP contribution in [0.2, 0.25) is 0 Å². The molecule has 1 N–H and O–H groups in total. The number of aryl methyl sites for hydroxylation is 1. The third-order valence-electron chi connectivity index (χ3n) is 5.01. The second-order valence-corrected chi connectivity index (χ2v) is 7.17. The topological polar surface area (TPSA) is 67.2 Å². The first kappa shape index (κ1) is 18.4. The number of piperazine rings is 1. The van der Waals surface area contributed by atoms with Crippen molar-refractivity contribution in [2.45, 2.75) is 58.5 Å². The van der Waals surface area contributed by atoms with Crippen LogP contribution in [0.3, 0.4) is 0 Å². The van der Waals surface area contributed by atoms with Crippen LogP contribution in [0, 0.1) is 0 Å². The molecule has 0 aliphatic carbocycles. The van der Waals surface area contributed by atoms with E-state index in [1.54, 1.807) is 4.90 Å². The van der Waals surface area contributed by atoms with Gasteiger partial charge in [-0.1, -0.05) is 32.9 Å². The van der Waals surface area contributed by atoms with E-state index in [2.05, 4.69) is 29.8 Å². The molecule has 0 spiro atoms. The van der Waals surface area contributed by atoms with E-state index in [1.807, 2.05) is 25.1 Å². The van der Waals surface area contributed by atoms with Gasteiger partial charge in [0.05, 0.1) is 11.0 Å². The number of fused-ring (bicyclic) bond motifs is 1. The largest absolute Gasteiger partial charge is 0.353 e. The van der Waals surface area contributed by atoms with Gasteiger partial charge >= 0.3 is 0 Å². The van der Waals surface area contributed by atoms with Crippen LogP contribution in [0.25, 0.3) is 11.0 Å². The van der Waals surface area contributed by atoms with E-state index in [4.69, 9.17) is 4.98 Å². The minimum atomic E-state index is -0.323. The zero-order valence-corrected chi connectivity index (χ0v) is 15.9. The SMILES string of the molecule is CC[C@@H]1C(=O)NCCN1C(=O)CCCn1c(C(C)C)nc2ccccc21. The molecule has 2 heterocycles. The maximum absolute atomic E-state index is 12.6. The van der Waals surface area contributed by atoms with E-state index < -0.39 is 0 Å². The highest BCUT2D eigenvalue weighted by atomic mass is 16.2. The predicted octanol–water partition coefficient (Wildman–Crippen LogP) is 2.68. The molecular weight excluding hydrogens is 328 g/mol. The molecule has 1 aromatic carbocycles. The van der Waals surface area contributed by atoms with Gasteiger partial charge in [0.25, 0.3) is 0 Å². The summed E-state index contributed by atoms with van der Waals surface area (Å²) in [5.74, 6) is 1.42. The molecule has 1 aliphatic rings. The highest BCUT2D eigenvalue weighted by Gasteiger charge is 2.31. The highest BCUT2D eigenvalue weighted by molar-refractivity contribution is 5.88. The van der Waals surface area contributed by atoms with Gasteiger partial charge in [0.1, 0.15) is 11.9 Å². The Morgan fingerprint density at radius 3 is 2.85 bits per heavy atom. The van der Waals surface area contributed by atoms with Crippen LogP contribution in [0.1, 0.15) is 51.8 Å². The monoisotopic (exact) mass is 356 g/mol. The van der Waals surface area contributed by atoms with Gasteiger partial charge in [0, 0.05) is 32.0 Å². The van der Waals surface area contributed by atoms with Crippen molar-refractivity contribution in [3.63, 3.8) is 0 Å². The average Bonchev–Trinajstić information content (AvgIpc) is 3.00. The first-order valence-electron chi connectivity index (χ1n) is 9.55. The van der Waals surface area contributed by atoms with Gasteiger partial charge in [-0.15, -0.1) is 0 Å². The Bertz CT molecular complexity index is 796. The number of hydrogen-bond donors (Lipinski definition) is 1. The third-order valence-corrected chi connectivity index (χ3v) is 5.01. The molecule has 1 saturated heterocycles. The van der Waals surface area contributed by atoms with Gasteiger partial charge in [-0.3, -0.25) is 9.59 Å². The average molecular weight is 356 g/mol. The summed E-state index contributed by atoms with van der Waals surface area (Å²) in [5.41, 5.74) is 2.12. The number of nitrogens with one attached hydrogen (secondary N) is 1. The summed E-state index contributed by atoms with van der Waals surface area (Å²) in [7, 11) is 0. The lowest BCUT2D eigenvalue weighted by Gasteiger charge is -2.34. The number of hydrogen-bond acceptors (Lipinski definition) is 3. The molecule has 1 atom stereocenters. The van der Waals surface area contributed by atoms with Crippen LogP contribution in [0.15, 0.2) is 24.3 Å². The number of rotatable bonds is 6. The standard InChI is InChI=1S/C20H28N4O2/c1-4-16-20(26)21-11-13-23(16)18(25)10-7-12-24-17-9-6-5-8-15(17)22-19(24)14(2)3/h5-6,8-9,14,16H,4,7,10-13H2,1-3H3,(H,21,26)/t16-/m1/s1. The van der Waals surface area contributed by atoms with Crippen LogP contribution in [0.5, 0.6) is 0 Å². The molecule has 0 radical (unpaired) electrons. The van der Waals surface area contributed by atoms with Gasteiger partial charge in [0.2, 0.25) is 11.8 Å². The molecule has 140 valence electrons. The van der Waals surface area contributed by atoms with Gasteiger partial charge < -0.3 is 14.8 Å². The van der Waals surface area contributed by atoms with Gasteiger partial charge in [-0.25, -0.2) is 4.98 Å². The number of imidazole rings is 1. The molecule has 6 nitrogen and oxygen atoms in total. The predicted molar refractivity (Wildman–Crippen MR) is 102 cm³/mol. The number of benzene rings is 1. The molecular formula is C20H28N4O2. The number of nitrogens with zero attached hydrogens (tertiary/aromatic N) is 3. The van der Waals surface area contributed by atoms with E-state index in [0.717, 1.165) is 29.8 Å². The van der Waals surface area contributed by atoms with E-state index in [9.17, 15) is 9.59 Å². The van der Waals surface area contributed by atoms with E-state index >= 15 is 0 Å². The lowest BCUT2D eigenvalue weighted by molar-refractivity contribution is -0.143. The lowest BCUT2D eigenvalue weighted by atomic mass is 10.1. The fourth-order valence-corrected chi connectivity index (χ4v) is 3.72. The molecule has 2 aromatic rings. The highest BCUT2D eigenvalue weighted by Crippen LogP contribution is 2.22. The Kier molecular flexibility index (Phi) is 5.59. The molecule has 2 amide bonds. The van der Waals surface area contributed by atoms with Crippen molar-refractivity contribution >= 4 is 22.8 Å². The quantitative estimate of drug-likeness (QED) is 0.865.